The van der Waals surface area contributed by atoms with Crippen molar-refractivity contribution in [2.75, 3.05) is 11.4 Å². The van der Waals surface area contributed by atoms with Crippen LogP contribution in [0.2, 0.25) is 0 Å². The van der Waals surface area contributed by atoms with Gasteiger partial charge < -0.3 is 10.0 Å². The molecule has 112 valence electrons. The van der Waals surface area contributed by atoms with Gasteiger partial charge in [-0.15, -0.1) is 11.3 Å². The van der Waals surface area contributed by atoms with Gasteiger partial charge >= 0.3 is 5.97 Å². The van der Waals surface area contributed by atoms with Crippen molar-refractivity contribution >= 4 is 34.2 Å². The first-order valence-electron chi connectivity index (χ1n) is 7.34. The number of carbonyl (C=O) groups is 1. The second-order valence-corrected chi connectivity index (χ2v) is 6.15. The van der Waals surface area contributed by atoms with Crippen molar-refractivity contribution in [1.29, 1.82) is 0 Å². The molecule has 2 aromatic rings. The van der Waals surface area contributed by atoms with Gasteiger partial charge in [0.15, 0.2) is 10.8 Å². The largest absolute Gasteiger partial charge is 0.478 e. The summed E-state index contributed by atoms with van der Waals surface area (Å²) in [7, 11) is 0. The lowest BCUT2D eigenvalue weighted by Gasteiger charge is -2.28. The van der Waals surface area contributed by atoms with E-state index in [-0.39, 0.29) is 0 Å². The van der Waals surface area contributed by atoms with Crippen LogP contribution in [0.4, 0.5) is 5.82 Å². The van der Waals surface area contributed by atoms with E-state index in [1.165, 1.54) is 31.8 Å². The fourth-order valence-corrected chi connectivity index (χ4v) is 3.82. The SMILES string of the molecule is CCN(c1nc2sccn2c1/C=C/C(=O)O)C1CCCC1. The maximum absolute atomic E-state index is 10.8. The molecule has 0 spiro atoms. The van der Waals surface area contributed by atoms with E-state index < -0.39 is 5.97 Å². The normalized spacial score (nSPS) is 16.2. The number of nitrogens with zero attached hydrogens (tertiary/aromatic N) is 3. The summed E-state index contributed by atoms with van der Waals surface area (Å²) in [5.74, 6) is -0.0243. The molecule has 21 heavy (non-hydrogen) atoms. The molecule has 6 heteroatoms. The van der Waals surface area contributed by atoms with Gasteiger partial charge in [-0.1, -0.05) is 12.8 Å². The Balaban J connectivity index is 2.04. The fourth-order valence-electron chi connectivity index (χ4n) is 3.11. The Morgan fingerprint density at radius 3 is 3.00 bits per heavy atom. The number of rotatable bonds is 5. The van der Waals surface area contributed by atoms with Crippen LogP contribution in [0.25, 0.3) is 11.0 Å². The number of thiazole rings is 1. The van der Waals surface area contributed by atoms with Crippen molar-refractivity contribution in [3.05, 3.63) is 23.3 Å². The zero-order valence-corrected chi connectivity index (χ0v) is 12.8. The Hall–Kier alpha value is -1.82. The Morgan fingerprint density at radius 1 is 1.57 bits per heavy atom. The van der Waals surface area contributed by atoms with Crippen LogP contribution in [0.1, 0.15) is 38.3 Å². The third-order valence-electron chi connectivity index (χ3n) is 4.04. The first-order chi connectivity index (χ1) is 10.2. The standard InChI is InChI=1S/C15H19N3O2S/c1-2-17(11-5-3-4-6-11)14-12(7-8-13(19)20)18-9-10-21-15(18)16-14/h7-11H,2-6H2,1H3,(H,19,20)/b8-7+. The van der Waals surface area contributed by atoms with Crippen molar-refractivity contribution in [3.63, 3.8) is 0 Å². The quantitative estimate of drug-likeness (QED) is 0.861. The molecule has 2 heterocycles. The molecule has 0 aromatic carbocycles. The van der Waals surface area contributed by atoms with Gasteiger partial charge in [0.25, 0.3) is 0 Å². The summed E-state index contributed by atoms with van der Waals surface area (Å²) in [6.07, 6.45) is 9.71. The average molecular weight is 305 g/mol. The molecule has 1 N–H and O–H groups in total. The van der Waals surface area contributed by atoms with Crippen LogP contribution < -0.4 is 4.90 Å². The topological polar surface area (TPSA) is 57.8 Å². The van der Waals surface area contributed by atoms with Crippen molar-refractivity contribution < 1.29 is 9.90 Å². The van der Waals surface area contributed by atoms with E-state index in [4.69, 9.17) is 10.1 Å². The minimum absolute atomic E-state index is 0.525. The van der Waals surface area contributed by atoms with Crippen LogP contribution in [0.3, 0.4) is 0 Å². The van der Waals surface area contributed by atoms with Crippen LogP contribution in [0.15, 0.2) is 17.7 Å². The highest BCUT2D eigenvalue weighted by Crippen LogP contribution is 2.32. The molecule has 1 aliphatic rings. The number of anilines is 1. The molecule has 0 saturated heterocycles. The lowest BCUT2D eigenvalue weighted by molar-refractivity contribution is -0.131. The van der Waals surface area contributed by atoms with E-state index >= 15 is 0 Å². The monoisotopic (exact) mass is 305 g/mol. The minimum Gasteiger partial charge on any atom is -0.478 e. The zero-order valence-electron chi connectivity index (χ0n) is 12.0. The number of fused-ring (bicyclic) bond motifs is 1. The first kappa shape index (κ1) is 14.1. The van der Waals surface area contributed by atoms with Gasteiger partial charge in [-0.25, -0.2) is 9.78 Å². The van der Waals surface area contributed by atoms with E-state index in [9.17, 15) is 4.79 Å². The summed E-state index contributed by atoms with van der Waals surface area (Å²) in [5.41, 5.74) is 0.863. The van der Waals surface area contributed by atoms with Crippen molar-refractivity contribution in [2.24, 2.45) is 0 Å². The summed E-state index contributed by atoms with van der Waals surface area (Å²) in [4.78, 5) is 18.8. The second-order valence-electron chi connectivity index (χ2n) is 5.27. The molecule has 1 aliphatic carbocycles. The van der Waals surface area contributed by atoms with Gasteiger partial charge in [0.1, 0.15) is 0 Å². The third kappa shape index (κ3) is 2.68. The Labute approximate surface area is 127 Å². The van der Waals surface area contributed by atoms with Gasteiger partial charge in [-0.05, 0) is 25.8 Å². The van der Waals surface area contributed by atoms with Gasteiger partial charge in [0.2, 0.25) is 0 Å². The Bertz CT molecular complexity index is 668. The van der Waals surface area contributed by atoms with E-state index in [1.807, 2.05) is 16.0 Å². The number of aromatic nitrogens is 2. The molecule has 0 unspecified atom stereocenters. The molecule has 1 fully saturated rings. The van der Waals surface area contributed by atoms with Gasteiger partial charge in [-0.3, -0.25) is 4.40 Å². The third-order valence-corrected chi connectivity index (χ3v) is 4.80. The molecule has 0 atom stereocenters. The number of aliphatic carboxylic acids is 1. The van der Waals surface area contributed by atoms with E-state index in [0.717, 1.165) is 23.0 Å². The molecule has 0 aliphatic heterocycles. The summed E-state index contributed by atoms with van der Waals surface area (Å²) in [6.45, 7) is 3.03. The van der Waals surface area contributed by atoms with Crippen LogP contribution in [0.5, 0.6) is 0 Å². The first-order valence-corrected chi connectivity index (χ1v) is 8.22. The molecular weight excluding hydrogens is 286 g/mol. The molecule has 2 aromatic heterocycles. The number of imidazole rings is 1. The van der Waals surface area contributed by atoms with Crippen molar-refractivity contribution in [3.8, 4) is 0 Å². The minimum atomic E-state index is -0.935. The van der Waals surface area contributed by atoms with Crippen molar-refractivity contribution in [1.82, 2.24) is 9.38 Å². The summed E-state index contributed by atoms with van der Waals surface area (Å²) >= 11 is 1.57. The Morgan fingerprint density at radius 2 is 2.33 bits per heavy atom. The summed E-state index contributed by atoms with van der Waals surface area (Å²) in [6, 6.07) is 0.525. The number of hydrogen-bond acceptors (Lipinski definition) is 4. The Kier molecular flexibility index (Phi) is 3.96. The van der Waals surface area contributed by atoms with Gasteiger partial charge in [0.05, 0.1) is 5.69 Å². The lowest BCUT2D eigenvalue weighted by atomic mass is 10.2. The van der Waals surface area contributed by atoms with Gasteiger partial charge in [-0.2, -0.15) is 0 Å². The highest BCUT2D eigenvalue weighted by Gasteiger charge is 2.26. The van der Waals surface area contributed by atoms with Crippen molar-refractivity contribution in [2.45, 2.75) is 38.6 Å². The zero-order chi connectivity index (χ0) is 14.8. The maximum atomic E-state index is 10.8. The molecule has 3 rings (SSSR count). The van der Waals surface area contributed by atoms with Crippen LogP contribution >= 0.6 is 11.3 Å². The maximum Gasteiger partial charge on any atom is 0.328 e. The van der Waals surface area contributed by atoms with Gasteiger partial charge in [0, 0.05) is 30.2 Å². The highest BCUT2D eigenvalue weighted by molar-refractivity contribution is 7.15. The number of carboxylic acid groups (broad SMARTS) is 1. The van der Waals surface area contributed by atoms with Crippen LogP contribution in [-0.2, 0) is 4.79 Å². The number of carboxylic acids is 1. The predicted molar refractivity (Wildman–Crippen MR) is 85.0 cm³/mol. The van der Waals surface area contributed by atoms with E-state index in [1.54, 1.807) is 17.4 Å². The molecule has 0 bridgehead atoms. The predicted octanol–water partition coefficient (Wildman–Crippen LogP) is 3.26. The lowest BCUT2D eigenvalue weighted by Crippen LogP contribution is -2.33. The molecule has 0 radical (unpaired) electrons. The van der Waals surface area contributed by atoms with E-state index in [0.29, 0.717) is 6.04 Å². The fraction of sp³-hybridized carbons (Fsp3) is 0.467. The highest BCUT2D eigenvalue weighted by atomic mass is 32.1. The molecule has 1 saturated carbocycles. The average Bonchev–Trinajstić information content (AvgIpc) is 3.14. The molecular formula is C15H19N3O2S. The smallest absolute Gasteiger partial charge is 0.328 e. The van der Waals surface area contributed by atoms with Crippen LogP contribution in [0, 0.1) is 0 Å². The summed E-state index contributed by atoms with van der Waals surface area (Å²) in [5, 5.41) is 10.9. The number of hydrogen-bond donors (Lipinski definition) is 1. The summed E-state index contributed by atoms with van der Waals surface area (Å²) < 4.78 is 1.97. The van der Waals surface area contributed by atoms with Crippen LogP contribution in [-0.4, -0.2) is 33.0 Å². The van der Waals surface area contributed by atoms with E-state index in [2.05, 4.69) is 11.8 Å². The molecule has 0 amide bonds. The second kappa shape index (κ2) is 5.89. The molecule has 5 nitrogen and oxygen atoms in total.